The van der Waals surface area contributed by atoms with E-state index in [0.29, 0.717) is 0 Å². The second-order valence-electron chi connectivity index (χ2n) is 5.96. The molecule has 0 aromatic carbocycles. The van der Waals surface area contributed by atoms with Crippen LogP contribution in [-0.2, 0) is 4.79 Å². The molecule has 0 spiro atoms. The Bertz CT molecular complexity index is 264. The third-order valence-electron chi connectivity index (χ3n) is 3.91. The molecule has 2 atom stereocenters. The Hall–Kier alpha value is -0.610. The first-order chi connectivity index (χ1) is 9.04. The Morgan fingerprint density at radius 1 is 1.37 bits per heavy atom. The van der Waals surface area contributed by atoms with E-state index in [1.165, 1.54) is 12.8 Å². The summed E-state index contributed by atoms with van der Waals surface area (Å²) in [7, 11) is 0. The van der Waals surface area contributed by atoms with E-state index in [-0.39, 0.29) is 17.9 Å². The molecule has 0 heterocycles. The molecule has 1 fully saturated rings. The van der Waals surface area contributed by atoms with Crippen LogP contribution in [0.1, 0.15) is 52.9 Å². The van der Waals surface area contributed by atoms with Crippen LogP contribution >= 0.6 is 0 Å². The first-order valence-electron chi connectivity index (χ1n) is 7.82. The number of nitrogens with two attached hydrogens (primary N) is 1. The van der Waals surface area contributed by atoms with Gasteiger partial charge in [-0.05, 0) is 39.2 Å². The summed E-state index contributed by atoms with van der Waals surface area (Å²) < 4.78 is 0. The standard InChI is InChI=1S/C15H31N3O/c1-4-18(14-8-9-14)11-10-17-15(19)12(2)6-5-7-13(3)16/h12-14H,4-11,16H2,1-3H3,(H,17,19). The summed E-state index contributed by atoms with van der Waals surface area (Å²) in [4.78, 5) is 14.4. The monoisotopic (exact) mass is 269 g/mol. The molecule has 0 aromatic rings. The molecule has 1 rings (SSSR count). The van der Waals surface area contributed by atoms with Crippen molar-refractivity contribution in [3.8, 4) is 0 Å². The van der Waals surface area contributed by atoms with Crippen LogP contribution in [0.5, 0.6) is 0 Å². The van der Waals surface area contributed by atoms with E-state index in [1.54, 1.807) is 0 Å². The van der Waals surface area contributed by atoms with Crippen LogP contribution in [0.4, 0.5) is 0 Å². The molecule has 1 saturated carbocycles. The normalized spacial score (nSPS) is 18.4. The number of carbonyl (C=O) groups is 1. The minimum atomic E-state index is 0.106. The molecule has 2 unspecified atom stereocenters. The fourth-order valence-corrected chi connectivity index (χ4v) is 2.41. The van der Waals surface area contributed by atoms with E-state index in [4.69, 9.17) is 5.73 Å². The quantitative estimate of drug-likeness (QED) is 0.635. The van der Waals surface area contributed by atoms with Crippen LogP contribution in [0.2, 0.25) is 0 Å². The summed E-state index contributed by atoms with van der Waals surface area (Å²) in [5, 5.41) is 3.06. The fourth-order valence-electron chi connectivity index (χ4n) is 2.41. The van der Waals surface area contributed by atoms with Gasteiger partial charge >= 0.3 is 0 Å². The van der Waals surface area contributed by atoms with Crippen LogP contribution in [0, 0.1) is 5.92 Å². The number of carbonyl (C=O) groups excluding carboxylic acids is 1. The predicted molar refractivity (Wildman–Crippen MR) is 79.9 cm³/mol. The van der Waals surface area contributed by atoms with Crippen molar-refractivity contribution in [3.63, 3.8) is 0 Å². The van der Waals surface area contributed by atoms with Crippen molar-refractivity contribution in [1.82, 2.24) is 10.2 Å². The van der Waals surface area contributed by atoms with Gasteiger partial charge in [-0.2, -0.15) is 0 Å². The summed E-state index contributed by atoms with van der Waals surface area (Å²) in [5.74, 6) is 0.297. The predicted octanol–water partition coefficient (Wildman–Crippen LogP) is 1.74. The Morgan fingerprint density at radius 2 is 2.05 bits per heavy atom. The van der Waals surface area contributed by atoms with E-state index in [0.717, 1.165) is 44.9 Å². The van der Waals surface area contributed by atoms with Gasteiger partial charge < -0.3 is 11.1 Å². The number of amides is 1. The number of hydrogen-bond donors (Lipinski definition) is 2. The number of nitrogens with one attached hydrogen (secondary N) is 1. The van der Waals surface area contributed by atoms with E-state index in [9.17, 15) is 4.79 Å². The lowest BCUT2D eigenvalue weighted by atomic mass is 10.0. The van der Waals surface area contributed by atoms with Crippen LogP contribution < -0.4 is 11.1 Å². The van der Waals surface area contributed by atoms with Gasteiger partial charge in [0.15, 0.2) is 0 Å². The molecule has 3 N–H and O–H groups in total. The van der Waals surface area contributed by atoms with Gasteiger partial charge in [0, 0.05) is 31.1 Å². The zero-order valence-corrected chi connectivity index (χ0v) is 12.8. The van der Waals surface area contributed by atoms with Crippen molar-refractivity contribution in [2.24, 2.45) is 11.7 Å². The SMILES string of the molecule is CCN(CCNC(=O)C(C)CCCC(C)N)C1CC1. The van der Waals surface area contributed by atoms with Crippen LogP contribution in [-0.4, -0.2) is 42.5 Å². The zero-order chi connectivity index (χ0) is 14.3. The fraction of sp³-hybridized carbons (Fsp3) is 0.933. The molecule has 0 bridgehead atoms. The molecule has 1 amide bonds. The molecule has 4 nitrogen and oxygen atoms in total. The summed E-state index contributed by atoms with van der Waals surface area (Å²) >= 11 is 0. The maximum absolute atomic E-state index is 11.9. The minimum Gasteiger partial charge on any atom is -0.355 e. The van der Waals surface area contributed by atoms with Crippen LogP contribution in [0.25, 0.3) is 0 Å². The van der Waals surface area contributed by atoms with Gasteiger partial charge in [0.25, 0.3) is 0 Å². The van der Waals surface area contributed by atoms with E-state index < -0.39 is 0 Å². The summed E-state index contributed by atoms with van der Waals surface area (Å²) in [5.41, 5.74) is 5.71. The van der Waals surface area contributed by atoms with E-state index in [1.807, 2.05) is 13.8 Å². The highest BCUT2D eigenvalue weighted by atomic mass is 16.1. The van der Waals surface area contributed by atoms with E-state index >= 15 is 0 Å². The zero-order valence-electron chi connectivity index (χ0n) is 12.8. The van der Waals surface area contributed by atoms with Gasteiger partial charge in [0.1, 0.15) is 0 Å². The number of hydrogen-bond acceptors (Lipinski definition) is 3. The van der Waals surface area contributed by atoms with Crippen LogP contribution in [0.3, 0.4) is 0 Å². The Kier molecular flexibility index (Phi) is 7.39. The van der Waals surface area contributed by atoms with Crippen molar-refractivity contribution in [2.45, 2.75) is 65.0 Å². The molecule has 19 heavy (non-hydrogen) atoms. The summed E-state index contributed by atoms with van der Waals surface area (Å²) in [6, 6.07) is 1.03. The van der Waals surface area contributed by atoms with Crippen LogP contribution in [0.15, 0.2) is 0 Å². The number of rotatable bonds is 10. The first kappa shape index (κ1) is 16.4. The largest absolute Gasteiger partial charge is 0.355 e. The average Bonchev–Trinajstić information content (AvgIpc) is 3.18. The Morgan fingerprint density at radius 3 is 2.58 bits per heavy atom. The lowest BCUT2D eigenvalue weighted by Crippen LogP contribution is -2.38. The molecule has 1 aliphatic rings. The van der Waals surface area contributed by atoms with Gasteiger partial charge in [-0.15, -0.1) is 0 Å². The van der Waals surface area contributed by atoms with E-state index in [2.05, 4.69) is 17.1 Å². The third kappa shape index (κ3) is 6.92. The molecule has 4 heteroatoms. The number of nitrogens with zero attached hydrogens (tertiary/aromatic N) is 1. The highest BCUT2D eigenvalue weighted by Crippen LogP contribution is 2.25. The highest BCUT2D eigenvalue weighted by molar-refractivity contribution is 5.78. The maximum atomic E-state index is 11.9. The van der Waals surface area contributed by atoms with Gasteiger partial charge in [0.05, 0.1) is 0 Å². The Balaban J connectivity index is 2.08. The van der Waals surface area contributed by atoms with Crippen molar-refractivity contribution in [2.75, 3.05) is 19.6 Å². The van der Waals surface area contributed by atoms with Gasteiger partial charge in [-0.1, -0.05) is 20.3 Å². The van der Waals surface area contributed by atoms with Crippen molar-refractivity contribution in [3.05, 3.63) is 0 Å². The molecule has 0 aliphatic heterocycles. The molecule has 112 valence electrons. The second kappa shape index (κ2) is 8.54. The molecule has 1 aliphatic carbocycles. The molecular weight excluding hydrogens is 238 g/mol. The lowest BCUT2D eigenvalue weighted by Gasteiger charge is -2.20. The molecule has 0 saturated heterocycles. The highest BCUT2D eigenvalue weighted by Gasteiger charge is 2.27. The smallest absolute Gasteiger partial charge is 0.222 e. The van der Waals surface area contributed by atoms with Gasteiger partial charge in [-0.3, -0.25) is 9.69 Å². The van der Waals surface area contributed by atoms with Crippen molar-refractivity contribution >= 4 is 5.91 Å². The van der Waals surface area contributed by atoms with Gasteiger partial charge in [-0.25, -0.2) is 0 Å². The number of likely N-dealkylation sites (N-methyl/N-ethyl adjacent to an activating group) is 1. The molecule has 0 aromatic heterocycles. The maximum Gasteiger partial charge on any atom is 0.222 e. The summed E-state index contributed by atoms with van der Waals surface area (Å²) in [6.07, 6.45) is 5.64. The summed E-state index contributed by atoms with van der Waals surface area (Å²) in [6.45, 7) is 9.07. The van der Waals surface area contributed by atoms with Crippen molar-refractivity contribution in [1.29, 1.82) is 0 Å². The Labute approximate surface area is 118 Å². The molecule has 0 radical (unpaired) electrons. The minimum absolute atomic E-state index is 0.106. The van der Waals surface area contributed by atoms with Crippen molar-refractivity contribution < 1.29 is 4.79 Å². The van der Waals surface area contributed by atoms with Gasteiger partial charge in [0.2, 0.25) is 5.91 Å². The average molecular weight is 269 g/mol. The first-order valence-corrected chi connectivity index (χ1v) is 7.82. The third-order valence-corrected chi connectivity index (χ3v) is 3.91. The second-order valence-corrected chi connectivity index (χ2v) is 5.96. The topological polar surface area (TPSA) is 58.4 Å². The molecular formula is C15H31N3O. The lowest BCUT2D eigenvalue weighted by molar-refractivity contribution is -0.124.